The lowest BCUT2D eigenvalue weighted by Gasteiger charge is -2.07. The summed E-state index contributed by atoms with van der Waals surface area (Å²) in [6, 6.07) is 16.8. The molecule has 0 saturated heterocycles. The Kier molecular flexibility index (Phi) is 5.50. The normalized spacial score (nSPS) is 10.1. The Morgan fingerprint density at radius 3 is 2.45 bits per heavy atom. The smallest absolute Gasteiger partial charge is 0.251 e. The third kappa shape index (κ3) is 4.63. The highest BCUT2D eigenvalue weighted by Crippen LogP contribution is 2.09. The molecule has 0 radical (unpaired) electrons. The van der Waals surface area contributed by atoms with Gasteiger partial charge in [-0.15, -0.1) is 12.6 Å². The van der Waals surface area contributed by atoms with Crippen LogP contribution in [0.4, 0.5) is 0 Å². The van der Waals surface area contributed by atoms with E-state index >= 15 is 0 Å². The number of carbonyl (C=O) groups excluding carboxylic acids is 1. The van der Waals surface area contributed by atoms with Gasteiger partial charge in [-0.05, 0) is 42.8 Å². The maximum atomic E-state index is 11.8. The van der Waals surface area contributed by atoms with Crippen LogP contribution in [0.25, 0.3) is 0 Å². The Morgan fingerprint density at radius 1 is 1.05 bits per heavy atom. The number of carbonyl (C=O) groups is 1. The lowest BCUT2D eigenvalue weighted by atomic mass is 10.2. The summed E-state index contributed by atoms with van der Waals surface area (Å²) in [6.45, 7) is 1.17. The first kappa shape index (κ1) is 14.5. The van der Waals surface area contributed by atoms with Crippen LogP contribution in [0.15, 0.2) is 59.5 Å². The van der Waals surface area contributed by atoms with Crippen LogP contribution in [-0.2, 0) is 0 Å². The van der Waals surface area contributed by atoms with Gasteiger partial charge in [0.25, 0.3) is 5.91 Å². The van der Waals surface area contributed by atoms with Crippen LogP contribution < -0.4 is 10.1 Å². The molecule has 0 aliphatic carbocycles. The molecule has 0 aliphatic heterocycles. The zero-order valence-corrected chi connectivity index (χ0v) is 12.0. The van der Waals surface area contributed by atoms with Crippen molar-refractivity contribution in [3.63, 3.8) is 0 Å². The lowest BCUT2D eigenvalue weighted by molar-refractivity contribution is 0.0951. The molecular weight excluding hydrogens is 270 g/mol. The van der Waals surface area contributed by atoms with Crippen molar-refractivity contribution in [3.8, 4) is 5.75 Å². The Hall–Kier alpha value is -1.94. The quantitative estimate of drug-likeness (QED) is 0.632. The van der Waals surface area contributed by atoms with E-state index in [1.807, 2.05) is 30.3 Å². The Bertz CT molecular complexity index is 540. The third-order valence-electron chi connectivity index (χ3n) is 2.75. The number of para-hydroxylation sites is 1. The minimum atomic E-state index is -0.0713. The largest absolute Gasteiger partial charge is 0.494 e. The monoisotopic (exact) mass is 287 g/mol. The first-order valence-electron chi connectivity index (χ1n) is 6.51. The van der Waals surface area contributed by atoms with E-state index < -0.39 is 0 Å². The van der Waals surface area contributed by atoms with Crippen LogP contribution >= 0.6 is 12.6 Å². The maximum Gasteiger partial charge on any atom is 0.251 e. The van der Waals surface area contributed by atoms with E-state index in [1.54, 1.807) is 24.3 Å². The van der Waals surface area contributed by atoms with E-state index in [0.29, 0.717) is 18.7 Å². The summed E-state index contributed by atoms with van der Waals surface area (Å²) in [7, 11) is 0. The molecule has 1 N–H and O–H groups in total. The molecule has 4 heteroatoms. The van der Waals surface area contributed by atoms with Crippen LogP contribution in [-0.4, -0.2) is 19.1 Å². The molecule has 0 heterocycles. The number of amides is 1. The van der Waals surface area contributed by atoms with Crippen LogP contribution in [0, 0.1) is 0 Å². The predicted octanol–water partition coefficient (Wildman–Crippen LogP) is 3.17. The molecule has 0 saturated carbocycles. The molecule has 0 bridgehead atoms. The van der Waals surface area contributed by atoms with Crippen molar-refractivity contribution in [2.45, 2.75) is 11.3 Å². The summed E-state index contributed by atoms with van der Waals surface area (Å²) in [5, 5.41) is 2.86. The van der Waals surface area contributed by atoms with Gasteiger partial charge >= 0.3 is 0 Å². The summed E-state index contributed by atoms with van der Waals surface area (Å²) in [6.07, 6.45) is 0.769. The topological polar surface area (TPSA) is 38.3 Å². The van der Waals surface area contributed by atoms with Crippen LogP contribution in [0.1, 0.15) is 16.8 Å². The number of thiol groups is 1. The SMILES string of the molecule is O=C(NCCCOc1ccccc1)c1ccc(S)cc1. The Labute approximate surface area is 124 Å². The van der Waals surface area contributed by atoms with Crippen LogP contribution in [0.2, 0.25) is 0 Å². The molecule has 0 aromatic heterocycles. The third-order valence-corrected chi connectivity index (χ3v) is 3.05. The first-order chi connectivity index (χ1) is 9.75. The van der Waals surface area contributed by atoms with Crippen molar-refractivity contribution in [2.75, 3.05) is 13.2 Å². The molecular formula is C16H17NO2S. The van der Waals surface area contributed by atoms with Crippen molar-refractivity contribution >= 4 is 18.5 Å². The number of rotatable bonds is 6. The molecule has 0 aliphatic rings. The van der Waals surface area contributed by atoms with E-state index in [9.17, 15) is 4.79 Å². The zero-order chi connectivity index (χ0) is 14.2. The second-order valence-corrected chi connectivity index (χ2v) is 4.83. The van der Waals surface area contributed by atoms with Gasteiger partial charge in [0.15, 0.2) is 0 Å². The van der Waals surface area contributed by atoms with E-state index in [-0.39, 0.29) is 5.91 Å². The number of hydrogen-bond acceptors (Lipinski definition) is 3. The second kappa shape index (κ2) is 7.60. The van der Waals surface area contributed by atoms with Crippen molar-refractivity contribution in [1.82, 2.24) is 5.32 Å². The highest BCUT2D eigenvalue weighted by molar-refractivity contribution is 7.80. The Morgan fingerprint density at radius 2 is 1.75 bits per heavy atom. The van der Waals surface area contributed by atoms with E-state index in [1.165, 1.54) is 0 Å². The van der Waals surface area contributed by atoms with Gasteiger partial charge in [-0.25, -0.2) is 0 Å². The number of nitrogens with one attached hydrogen (secondary N) is 1. The van der Waals surface area contributed by atoms with Crippen molar-refractivity contribution in [1.29, 1.82) is 0 Å². The maximum absolute atomic E-state index is 11.8. The molecule has 2 aromatic carbocycles. The fourth-order valence-electron chi connectivity index (χ4n) is 1.70. The van der Waals surface area contributed by atoms with Crippen LogP contribution in [0.3, 0.4) is 0 Å². The summed E-state index contributed by atoms with van der Waals surface area (Å²) in [5.74, 6) is 0.779. The minimum absolute atomic E-state index is 0.0713. The highest BCUT2D eigenvalue weighted by atomic mass is 32.1. The number of hydrogen-bond donors (Lipinski definition) is 2. The molecule has 0 atom stereocenters. The number of benzene rings is 2. The van der Waals surface area contributed by atoms with Crippen molar-refractivity contribution in [2.24, 2.45) is 0 Å². The molecule has 3 nitrogen and oxygen atoms in total. The van der Waals surface area contributed by atoms with Gasteiger partial charge in [-0.3, -0.25) is 4.79 Å². The molecule has 2 aromatic rings. The molecule has 20 heavy (non-hydrogen) atoms. The predicted molar refractivity (Wildman–Crippen MR) is 82.6 cm³/mol. The summed E-state index contributed by atoms with van der Waals surface area (Å²) in [4.78, 5) is 12.7. The van der Waals surface area contributed by atoms with Gasteiger partial charge in [0, 0.05) is 17.0 Å². The second-order valence-electron chi connectivity index (χ2n) is 4.32. The van der Waals surface area contributed by atoms with E-state index in [2.05, 4.69) is 17.9 Å². The zero-order valence-electron chi connectivity index (χ0n) is 11.1. The van der Waals surface area contributed by atoms with E-state index in [4.69, 9.17) is 4.74 Å². The highest BCUT2D eigenvalue weighted by Gasteiger charge is 2.03. The lowest BCUT2D eigenvalue weighted by Crippen LogP contribution is -2.25. The fraction of sp³-hybridized carbons (Fsp3) is 0.188. The van der Waals surface area contributed by atoms with Gasteiger partial charge in [0.1, 0.15) is 5.75 Å². The molecule has 104 valence electrons. The minimum Gasteiger partial charge on any atom is -0.494 e. The van der Waals surface area contributed by atoms with Gasteiger partial charge in [-0.2, -0.15) is 0 Å². The van der Waals surface area contributed by atoms with E-state index in [0.717, 1.165) is 17.1 Å². The first-order valence-corrected chi connectivity index (χ1v) is 6.95. The fourth-order valence-corrected chi connectivity index (χ4v) is 1.84. The molecule has 0 unspecified atom stereocenters. The van der Waals surface area contributed by atoms with Gasteiger partial charge in [0.2, 0.25) is 0 Å². The molecule has 0 spiro atoms. The standard InChI is InChI=1S/C16H17NO2S/c18-16(13-7-9-15(20)10-8-13)17-11-4-12-19-14-5-2-1-3-6-14/h1-3,5-10,20H,4,11-12H2,(H,17,18). The van der Waals surface area contributed by atoms with Crippen LogP contribution in [0.5, 0.6) is 5.75 Å². The molecule has 2 rings (SSSR count). The average molecular weight is 287 g/mol. The average Bonchev–Trinajstić information content (AvgIpc) is 2.48. The summed E-state index contributed by atoms with van der Waals surface area (Å²) in [5.41, 5.74) is 0.645. The summed E-state index contributed by atoms with van der Waals surface area (Å²) >= 11 is 4.18. The van der Waals surface area contributed by atoms with Crippen molar-refractivity contribution in [3.05, 3.63) is 60.2 Å². The summed E-state index contributed by atoms with van der Waals surface area (Å²) < 4.78 is 5.55. The molecule has 1 amide bonds. The van der Waals surface area contributed by atoms with Gasteiger partial charge in [0.05, 0.1) is 6.61 Å². The van der Waals surface area contributed by atoms with Gasteiger partial charge in [-0.1, -0.05) is 18.2 Å². The Balaban J connectivity index is 1.66. The number of ether oxygens (including phenoxy) is 1. The van der Waals surface area contributed by atoms with Gasteiger partial charge < -0.3 is 10.1 Å². The van der Waals surface area contributed by atoms with Crippen molar-refractivity contribution < 1.29 is 9.53 Å². The molecule has 0 fully saturated rings.